The number of morpholine rings is 1. The summed E-state index contributed by atoms with van der Waals surface area (Å²) in [6.45, 7) is 6.54. The first-order valence-corrected chi connectivity index (χ1v) is 6.18. The second kappa shape index (κ2) is 6.10. The number of pyridine rings is 1. The number of aromatic nitrogens is 1. The average molecular weight is 235 g/mol. The number of nitrogens with one attached hydrogen (secondary N) is 1. The van der Waals surface area contributed by atoms with Gasteiger partial charge in [-0.25, -0.2) is 0 Å². The van der Waals surface area contributed by atoms with Gasteiger partial charge in [-0.2, -0.15) is 0 Å². The molecule has 1 aromatic heterocycles. The predicted octanol–water partition coefficient (Wildman–Crippen LogP) is 0.810. The molecule has 0 spiro atoms. The van der Waals surface area contributed by atoms with Gasteiger partial charge in [0.1, 0.15) is 0 Å². The third-order valence-corrected chi connectivity index (χ3v) is 3.10. The van der Waals surface area contributed by atoms with E-state index in [0.717, 1.165) is 44.2 Å². The van der Waals surface area contributed by atoms with Crippen LogP contribution in [0.5, 0.6) is 0 Å². The summed E-state index contributed by atoms with van der Waals surface area (Å²) in [4.78, 5) is 7.01. The number of ether oxygens (including phenoxy) is 1. The number of aryl methyl sites for hydroxylation is 1. The van der Waals surface area contributed by atoms with Crippen LogP contribution >= 0.6 is 0 Å². The molecule has 17 heavy (non-hydrogen) atoms. The fraction of sp³-hybridized carbons (Fsp3) is 0.615. The maximum absolute atomic E-state index is 5.52. The zero-order chi connectivity index (χ0) is 12.1. The Morgan fingerprint density at radius 2 is 2.41 bits per heavy atom. The molecule has 0 saturated carbocycles. The molecule has 2 rings (SSSR count). The lowest BCUT2D eigenvalue weighted by molar-refractivity contribution is -0.0108. The topological polar surface area (TPSA) is 37.4 Å². The summed E-state index contributed by atoms with van der Waals surface area (Å²) in [5.74, 6) is 0. The van der Waals surface area contributed by atoms with Crippen molar-refractivity contribution in [3.8, 4) is 0 Å². The van der Waals surface area contributed by atoms with Gasteiger partial charge in [0.25, 0.3) is 0 Å². The summed E-state index contributed by atoms with van der Waals surface area (Å²) in [5.41, 5.74) is 2.23. The van der Waals surface area contributed by atoms with Gasteiger partial charge < -0.3 is 10.1 Å². The monoisotopic (exact) mass is 235 g/mol. The van der Waals surface area contributed by atoms with Crippen molar-refractivity contribution < 1.29 is 4.74 Å². The normalized spacial score (nSPS) is 21.6. The van der Waals surface area contributed by atoms with Crippen molar-refractivity contribution in [2.75, 3.05) is 33.4 Å². The average Bonchev–Trinajstić information content (AvgIpc) is 2.32. The van der Waals surface area contributed by atoms with Crippen molar-refractivity contribution in [1.82, 2.24) is 15.2 Å². The molecule has 1 unspecified atom stereocenters. The van der Waals surface area contributed by atoms with Gasteiger partial charge in [0, 0.05) is 31.4 Å². The Labute approximate surface area is 103 Å². The minimum absolute atomic E-state index is 0.455. The van der Waals surface area contributed by atoms with Gasteiger partial charge in [0.2, 0.25) is 0 Å². The molecule has 4 heteroatoms. The maximum atomic E-state index is 5.52. The van der Waals surface area contributed by atoms with E-state index in [0.29, 0.717) is 6.04 Å². The number of likely N-dealkylation sites (N-methyl/N-ethyl adjacent to an activating group) is 1. The fourth-order valence-corrected chi connectivity index (χ4v) is 2.22. The molecular weight excluding hydrogens is 214 g/mol. The molecule has 94 valence electrons. The highest BCUT2D eigenvalue weighted by Gasteiger charge is 2.22. The van der Waals surface area contributed by atoms with Crippen LogP contribution in [-0.4, -0.2) is 49.3 Å². The zero-order valence-corrected chi connectivity index (χ0v) is 10.6. The molecule has 0 amide bonds. The van der Waals surface area contributed by atoms with Gasteiger partial charge in [-0.1, -0.05) is 6.07 Å². The van der Waals surface area contributed by atoms with Crippen molar-refractivity contribution in [1.29, 1.82) is 0 Å². The molecule has 1 aromatic rings. The van der Waals surface area contributed by atoms with Gasteiger partial charge in [0.05, 0.1) is 18.9 Å². The summed E-state index contributed by atoms with van der Waals surface area (Å²) in [5, 5.41) is 3.22. The first-order chi connectivity index (χ1) is 8.29. The van der Waals surface area contributed by atoms with Crippen LogP contribution in [0.3, 0.4) is 0 Å². The summed E-state index contributed by atoms with van der Waals surface area (Å²) in [6.07, 6.45) is 0. The molecule has 1 fully saturated rings. The van der Waals surface area contributed by atoms with Gasteiger partial charge in [-0.05, 0) is 26.1 Å². The molecule has 2 heterocycles. The third-order valence-electron chi connectivity index (χ3n) is 3.10. The van der Waals surface area contributed by atoms with Crippen LogP contribution in [0.1, 0.15) is 11.4 Å². The van der Waals surface area contributed by atoms with Crippen molar-refractivity contribution in [2.45, 2.75) is 19.5 Å². The molecule has 0 aliphatic carbocycles. The fourth-order valence-electron chi connectivity index (χ4n) is 2.22. The largest absolute Gasteiger partial charge is 0.378 e. The van der Waals surface area contributed by atoms with Crippen molar-refractivity contribution in [3.05, 3.63) is 29.6 Å². The lowest BCUT2D eigenvalue weighted by Gasteiger charge is -2.35. The smallest absolute Gasteiger partial charge is 0.0635 e. The molecule has 1 atom stereocenters. The Bertz CT molecular complexity index is 354. The highest BCUT2D eigenvalue weighted by molar-refractivity contribution is 5.10. The zero-order valence-electron chi connectivity index (χ0n) is 10.6. The highest BCUT2D eigenvalue weighted by atomic mass is 16.5. The lowest BCUT2D eigenvalue weighted by Crippen LogP contribution is -2.49. The summed E-state index contributed by atoms with van der Waals surface area (Å²) in [7, 11) is 1.98. The highest BCUT2D eigenvalue weighted by Crippen LogP contribution is 2.11. The van der Waals surface area contributed by atoms with Gasteiger partial charge in [-0.15, -0.1) is 0 Å². The summed E-state index contributed by atoms with van der Waals surface area (Å²) in [6, 6.07) is 6.66. The van der Waals surface area contributed by atoms with Gasteiger partial charge in [-0.3, -0.25) is 9.88 Å². The molecule has 1 aliphatic rings. The summed E-state index contributed by atoms with van der Waals surface area (Å²) < 4.78 is 5.52. The standard InChI is InChI=1S/C13H21N3O/c1-11-4-3-5-12(15-11)9-16-6-7-17-10-13(16)8-14-2/h3-5,13-14H,6-10H2,1-2H3. The van der Waals surface area contributed by atoms with E-state index < -0.39 is 0 Å². The Hall–Kier alpha value is -0.970. The van der Waals surface area contributed by atoms with Crippen LogP contribution < -0.4 is 5.32 Å². The molecule has 1 N–H and O–H groups in total. The number of hydrogen-bond donors (Lipinski definition) is 1. The van der Waals surface area contributed by atoms with E-state index in [1.54, 1.807) is 0 Å². The van der Waals surface area contributed by atoms with Crippen molar-refractivity contribution in [3.63, 3.8) is 0 Å². The van der Waals surface area contributed by atoms with Crippen LogP contribution in [0.4, 0.5) is 0 Å². The molecule has 0 radical (unpaired) electrons. The Balaban J connectivity index is 2.00. The van der Waals surface area contributed by atoms with Gasteiger partial charge >= 0.3 is 0 Å². The minimum Gasteiger partial charge on any atom is -0.378 e. The second-order valence-electron chi connectivity index (χ2n) is 4.53. The van der Waals surface area contributed by atoms with E-state index in [9.17, 15) is 0 Å². The Morgan fingerprint density at radius 1 is 1.53 bits per heavy atom. The second-order valence-corrected chi connectivity index (χ2v) is 4.53. The van der Waals surface area contributed by atoms with Crippen molar-refractivity contribution in [2.24, 2.45) is 0 Å². The van der Waals surface area contributed by atoms with Gasteiger partial charge in [0.15, 0.2) is 0 Å². The van der Waals surface area contributed by atoms with E-state index in [-0.39, 0.29) is 0 Å². The summed E-state index contributed by atoms with van der Waals surface area (Å²) >= 11 is 0. The van der Waals surface area contributed by atoms with Crippen LogP contribution in [0.15, 0.2) is 18.2 Å². The number of hydrogen-bond acceptors (Lipinski definition) is 4. The van der Waals surface area contributed by atoms with Crippen LogP contribution in [0.2, 0.25) is 0 Å². The maximum Gasteiger partial charge on any atom is 0.0635 e. The number of nitrogens with zero attached hydrogens (tertiary/aromatic N) is 2. The molecular formula is C13H21N3O. The van der Waals surface area contributed by atoms with Crippen LogP contribution in [0, 0.1) is 6.92 Å². The van der Waals surface area contributed by atoms with E-state index in [1.165, 1.54) is 0 Å². The molecule has 1 saturated heterocycles. The first kappa shape index (κ1) is 12.5. The van der Waals surface area contributed by atoms with Crippen LogP contribution in [0.25, 0.3) is 0 Å². The molecule has 1 aliphatic heterocycles. The lowest BCUT2D eigenvalue weighted by atomic mass is 10.2. The first-order valence-electron chi connectivity index (χ1n) is 6.18. The van der Waals surface area contributed by atoms with Crippen molar-refractivity contribution >= 4 is 0 Å². The molecule has 4 nitrogen and oxygen atoms in total. The van der Waals surface area contributed by atoms with Crippen LogP contribution in [-0.2, 0) is 11.3 Å². The van der Waals surface area contributed by atoms with E-state index in [2.05, 4.69) is 27.3 Å². The minimum atomic E-state index is 0.455. The Kier molecular flexibility index (Phi) is 4.48. The Morgan fingerprint density at radius 3 is 3.18 bits per heavy atom. The predicted molar refractivity (Wildman–Crippen MR) is 67.9 cm³/mol. The number of rotatable bonds is 4. The SMILES string of the molecule is CNCC1COCCN1Cc1cccc(C)n1. The molecule has 0 aromatic carbocycles. The molecule has 0 bridgehead atoms. The quantitative estimate of drug-likeness (QED) is 0.838. The van der Waals surface area contributed by atoms with E-state index in [1.807, 2.05) is 20.0 Å². The third kappa shape index (κ3) is 3.49. The van der Waals surface area contributed by atoms with E-state index >= 15 is 0 Å². The van der Waals surface area contributed by atoms with E-state index in [4.69, 9.17) is 4.74 Å².